The second kappa shape index (κ2) is 5.72. The predicted molar refractivity (Wildman–Crippen MR) is 48.4 cm³/mol. The van der Waals surface area contributed by atoms with Crippen LogP contribution >= 0.6 is 0 Å². The smallest absolute Gasteiger partial charge is 0.265 e. The molecule has 2 N–H and O–H groups in total. The minimum atomic E-state index is -5.12. The van der Waals surface area contributed by atoms with Crippen LogP contribution in [0.5, 0.6) is 0 Å². The van der Waals surface area contributed by atoms with Crippen LogP contribution in [0.15, 0.2) is 30.6 Å². The molecule has 0 unspecified atom stereocenters. The maximum absolute atomic E-state index is 9.44. The van der Waals surface area contributed by atoms with Crippen LogP contribution in [0.3, 0.4) is 0 Å². The molecule has 0 aliphatic carbocycles. The summed E-state index contributed by atoms with van der Waals surface area (Å²) in [5.41, 5.74) is 0. The molecule has 0 amide bonds. The highest BCUT2D eigenvalue weighted by molar-refractivity contribution is 7.94. The molecule has 1 aromatic heterocycles. The third-order valence-corrected chi connectivity index (χ3v) is 2.11. The Balaban J connectivity index is 0.000000280. The van der Waals surface area contributed by atoms with Crippen molar-refractivity contribution >= 4 is 20.8 Å². The molecule has 0 bridgehead atoms. The van der Waals surface area contributed by atoms with Gasteiger partial charge in [-0.3, -0.25) is 14.1 Å². The van der Waals surface area contributed by atoms with Crippen LogP contribution in [0.25, 0.3) is 0 Å². The second-order valence-electron chi connectivity index (χ2n) is 1.95. The molecule has 8 nitrogen and oxygen atoms in total. The van der Waals surface area contributed by atoms with Crippen molar-refractivity contribution in [3.63, 3.8) is 0 Å². The van der Waals surface area contributed by atoms with Crippen LogP contribution in [-0.4, -0.2) is 30.9 Å². The van der Waals surface area contributed by atoms with Gasteiger partial charge in [0.25, 0.3) is 0 Å². The lowest BCUT2D eigenvalue weighted by Crippen LogP contribution is -2.10. The fraction of sp³-hybridized carbons (Fsp3) is 0. The van der Waals surface area contributed by atoms with E-state index in [9.17, 15) is 16.8 Å². The highest BCUT2D eigenvalue weighted by Crippen LogP contribution is 1.91. The fourth-order valence-electron chi connectivity index (χ4n) is 0.421. The van der Waals surface area contributed by atoms with E-state index in [2.05, 4.69) is 8.61 Å². The molecule has 0 spiro atoms. The predicted octanol–water partition coefficient (Wildman–Crippen LogP) is -0.310. The summed E-state index contributed by atoms with van der Waals surface area (Å²) in [7, 11) is -10.2. The maximum Gasteiger partial charge on any atom is 0.413 e. The molecule has 0 fully saturated rings. The second-order valence-corrected chi connectivity index (χ2v) is 4.20. The fourth-order valence-corrected chi connectivity index (χ4v) is 1.29. The zero-order chi connectivity index (χ0) is 11.9. The number of hydrogen-bond donors (Lipinski definition) is 2. The quantitative estimate of drug-likeness (QED) is 0.690. The summed E-state index contributed by atoms with van der Waals surface area (Å²) < 4.78 is 55.6. The Morgan fingerprint density at radius 3 is 1.33 bits per heavy atom. The maximum atomic E-state index is 9.44. The van der Waals surface area contributed by atoms with Crippen molar-refractivity contribution in [3.8, 4) is 0 Å². The van der Waals surface area contributed by atoms with Gasteiger partial charge in [0.05, 0.1) is 0 Å². The van der Waals surface area contributed by atoms with Crippen molar-refractivity contribution in [1.29, 1.82) is 0 Å². The van der Waals surface area contributed by atoms with E-state index in [0.717, 1.165) is 0 Å². The van der Waals surface area contributed by atoms with E-state index in [1.807, 2.05) is 18.2 Å². The number of pyridine rings is 1. The number of rotatable bonds is 2. The molecule has 0 aliphatic rings. The highest BCUT2D eigenvalue weighted by Gasteiger charge is 2.15. The van der Waals surface area contributed by atoms with E-state index >= 15 is 0 Å². The lowest BCUT2D eigenvalue weighted by Gasteiger charge is -1.89. The van der Waals surface area contributed by atoms with E-state index in [0.29, 0.717) is 0 Å². The Hall–Kier alpha value is -1.07. The first-order valence-corrected chi connectivity index (χ1v) is 5.95. The average Bonchev–Trinajstić information content (AvgIpc) is 2.01. The van der Waals surface area contributed by atoms with E-state index in [-0.39, 0.29) is 0 Å². The molecule has 10 heteroatoms. The van der Waals surface area contributed by atoms with E-state index < -0.39 is 20.8 Å². The van der Waals surface area contributed by atoms with Crippen molar-refractivity contribution in [2.24, 2.45) is 0 Å². The minimum Gasteiger partial charge on any atom is -0.265 e. The van der Waals surface area contributed by atoms with E-state index in [1.165, 1.54) is 0 Å². The van der Waals surface area contributed by atoms with Crippen LogP contribution in [0.2, 0.25) is 0 Å². The largest absolute Gasteiger partial charge is 0.413 e. The molecule has 1 heterocycles. The van der Waals surface area contributed by atoms with Gasteiger partial charge in [-0.15, -0.1) is 3.63 Å². The lowest BCUT2D eigenvalue weighted by molar-refractivity contribution is 0.344. The molecule has 15 heavy (non-hydrogen) atoms. The van der Waals surface area contributed by atoms with Gasteiger partial charge in [-0.05, 0) is 12.1 Å². The van der Waals surface area contributed by atoms with Gasteiger partial charge < -0.3 is 0 Å². The van der Waals surface area contributed by atoms with Crippen molar-refractivity contribution in [1.82, 2.24) is 4.98 Å². The third kappa shape index (κ3) is 12.9. The van der Waals surface area contributed by atoms with Crippen molar-refractivity contribution in [2.45, 2.75) is 0 Å². The first kappa shape index (κ1) is 13.9. The molecule has 0 saturated heterocycles. The normalized spacial score (nSPS) is 11.3. The van der Waals surface area contributed by atoms with Gasteiger partial charge in [0.2, 0.25) is 0 Å². The van der Waals surface area contributed by atoms with Crippen LogP contribution in [-0.2, 0) is 24.4 Å². The molecule has 1 aromatic rings. The Morgan fingerprint density at radius 2 is 1.27 bits per heavy atom. The molecule has 0 atom stereocenters. The summed E-state index contributed by atoms with van der Waals surface area (Å²) in [5.74, 6) is 0. The summed E-state index contributed by atoms with van der Waals surface area (Å²) in [6.45, 7) is 0. The summed E-state index contributed by atoms with van der Waals surface area (Å²) in [6, 6.07) is 5.72. The third-order valence-electron chi connectivity index (χ3n) is 0.738. The van der Waals surface area contributed by atoms with Gasteiger partial charge in [0.15, 0.2) is 0 Å². The number of hydrogen-bond acceptors (Lipinski definition) is 6. The topological polar surface area (TPSA) is 131 Å². The Morgan fingerprint density at radius 1 is 0.867 bits per heavy atom. The van der Waals surface area contributed by atoms with Crippen molar-refractivity contribution in [2.75, 3.05) is 0 Å². The molecule has 1 rings (SSSR count). The standard InChI is InChI=1S/C5H5N.H2O7S2/c1-2-4-6-5-3-1;1-8(2,3)7-9(4,5)6/h1-5H;(H,1,2,3)(H,4,5,6). The summed E-state index contributed by atoms with van der Waals surface area (Å²) in [4.78, 5) is 3.78. The Kier molecular flexibility index (Phi) is 5.32. The van der Waals surface area contributed by atoms with Gasteiger partial charge >= 0.3 is 20.8 Å². The van der Waals surface area contributed by atoms with Gasteiger partial charge in [0.1, 0.15) is 0 Å². The van der Waals surface area contributed by atoms with Gasteiger partial charge in [-0.1, -0.05) is 6.07 Å². The van der Waals surface area contributed by atoms with E-state index in [4.69, 9.17) is 9.11 Å². The molecule has 0 aliphatic heterocycles. The summed E-state index contributed by atoms with van der Waals surface area (Å²) >= 11 is 0. The van der Waals surface area contributed by atoms with Gasteiger partial charge in [-0.2, -0.15) is 16.8 Å². The van der Waals surface area contributed by atoms with Gasteiger partial charge in [-0.25, -0.2) is 0 Å². The summed E-state index contributed by atoms with van der Waals surface area (Å²) in [6.07, 6.45) is 3.50. The minimum absolute atomic E-state index is 1.75. The molecular weight excluding hydrogens is 250 g/mol. The SMILES string of the molecule is O=S(=O)(O)OS(=O)(=O)O.c1ccncc1. The molecule has 86 valence electrons. The van der Waals surface area contributed by atoms with E-state index in [1.54, 1.807) is 12.4 Å². The highest BCUT2D eigenvalue weighted by atomic mass is 32.3. The van der Waals surface area contributed by atoms with Gasteiger partial charge in [0, 0.05) is 12.4 Å². The number of nitrogens with zero attached hydrogens (tertiary/aromatic N) is 1. The molecule has 0 radical (unpaired) electrons. The first-order valence-electron chi connectivity index (χ1n) is 3.21. The first-order chi connectivity index (χ1) is 6.71. The van der Waals surface area contributed by atoms with Crippen LogP contribution in [0, 0.1) is 0 Å². The molecule has 0 saturated carbocycles. The van der Waals surface area contributed by atoms with Crippen molar-refractivity contribution in [3.05, 3.63) is 30.6 Å². The monoisotopic (exact) mass is 257 g/mol. The molecular formula is C5H7NO7S2. The van der Waals surface area contributed by atoms with Crippen LogP contribution in [0.1, 0.15) is 0 Å². The van der Waals surface area contributed by atoms with Crippen LogP contribution < -0.4 is 0 Å². The molecule has 0 aromatic carbocycles. The summed E-state index contributed by atoms with van der Waals surface area (Å²) in [5, 5.41) is 0. The Labute approximate surface area is 86.4 Å². The lowest BCUT2D eigenvalue weighted by atomic mass is 10.5. The zero-order valence-corrected chi connectivity index (χ0v) is 8.72. The average molecular weight is 257 g/mol. The van der Waals surface area contributed by atoms with Crippen LogP contribution in [0.4, 0.5) is 0 Å². The Bertz CT molecular complexity index is 409. The number of aromatic nitrogens is 1. The zero-order valence-electron chi connectivity index (χ0n) is 7.09. The van der Waals surface area contributed by atoms with Crippen molar-refractivity contribution < 1.29 is 29.6 Å².